The van der Waals surface area contributed by atoms with Crippen LogP contribution in [-0.2, 0) is 17.6 Å². The number of benzene rings is 2. The monoisotopic (exact) mass is 364 g/mol. The molecule has 1 aliphatic rings. The van der Waals surface area contributed by atoms with Crippen molar-refractivity contribution in [3.8, 4) is 0 Å². The highest BCUT2D eigenvalue weighted by atomic mass is 32.2. The minimum atomic E-state index is -0.0173. The summed E-state index contributed by atoms with van der Waals surface area (Å²) in [7, 11) is 0. The molecule has 1 heterocycles. The highest BCUT2D eigenvalue weighted by Crippen LogP contribution is 2.27. The summed E-state index contributed by atoms with van der Waals surface area (Å²) in [5.74, 6) is 0.713. The molecule has 1 amide bonds. The molecule has 1 aromatic heterocycles. The van der Waals surface area contributed by atoms with Crippen LogP contribution in [0.25, 0.3) is 10.9 Å². The number of carbonyl (C=O) groups excluding carboxylic acids is 1. The van der Waals surface area contributed by atoms with E-state index in [-0.39, 0.29) is 11.5 Å². The van der Waals surface area contributed by atoms with Gasteiger partial charge in [-0.05, 0) is 49.1 Å². The van der Waals surface area contributed by atoms with E-state index in [4.69, 9.17) is 0 Å². The second-order valence-corrected chi connectivity index (χ2v) is 7.65. The largest absolute Gasteiger partial charge is 0.326 e. The number of fused-ring (bicyclic) bond motifs is 3. The van der Waals surface area contributed by atoms with Gasteiger partial charge in [0.25, 0.3) is 5.56 Å². The Morgan fingerprint density at radius 3 is 2.73 bits per heavy atom. The van der Waals surface area contributed by atoms with Gasteiger partial charge in [-0.15, -0.1) is 11.8 Å². The van der Waals surface area contributed by atoms with Gasteiger partial charge in [-0.25, -0.2) is 0 Å². The molecular weight excluding hydrogens is 344 g/mol. The number of hydrogen-bond donors (Lipinski definition) is 2. The number of thioether (sulfide) groups is 1. The Bertz CT molecular complexity index is 1010. The quantitative estimate of drug-likeness (QED) is 0.669. The number of hydrogen-bond acceptors (Lipinski definition) is 3. The van der Waals surface area contributed by atoms with Crippen molar-refractivity contribution in [1.82, 2.24) is 4.98 Å². The molecule has 3 aromatic rings. The Hall–Kier alpha value is -2.53. The number of nitrogens with one attached hydrogen (secondary N) is 2. The third kappa shape index (κ3) is 3.53. The lowest BCUT2D eigenvalue weighted by Crippen LogP contribution is -2.14. The highest BCUT2D eigenvalue weighted by Gasteiger charge is 2.18. The SMILES string of the molecule is O=C(CCSc1ccccc1)Nc1ccc2c3c(c(=O)[nH]c2c1)CCC3. The lowest BCUT2D eigenvalue weighted by molar-refractivity contribution is -0.115. The molecule has 0 fully saturated rings. The molecular formula is C21H20N2O2S. The fourth-order valence-electron chi connectivity index (χ4n) is 3.48. The van der Waals surface area contributed by atoms with Crippen molar-refractivity contribution in [2.75, 3.05) is 11.1 Å². The fraction of sp³-hybridized carbons (Fsp3) is 0.238. The first-order chi connectivity index (χ1) is 12.7. The number of amides is 1. The van der Waals surface area contributed by atoms with E-state index in [1.165, 1.54) is 5.56 Å². The van der Waals surface area contributed by atoms with Crippen LogP contribution in [-0.4, -0.2) is 16.6 Å². The summed E-state index contributed by atoms with van der Waals surface area (Å²) < 4.78 is 0. The first kappa shape index (κ1) is 16.9. The number of pyridine rings is 1. The molecule has 0 spiro atoms. The van der Waals surface area contributed by atoms with E-state index in [2.05, 4.69) is 10.3 Å². The molecule has 2 aromatic carbocycles. The number of carbonyl (C=O) groups is 1. The predicted octanol–water partition coefficient (Wildman–Crippen LogP) is 4.14. The van der Waals surface area contributed by atoms with Crippen LogP contribution in [0.4, 0.5) is 5.69 Å². The summed E-state index contributed by atoms with van der Waals surface area (Å²) in [6, 6.07) is 15.8. The van der Waals surface area contributed by atoms with Crippen molar-refractivity contribution >= 4 is 34.3 Å². The van der Waals surface area contributed by atoms with Gasteiger partial charge in [0.15, 0.2) is 0 Å². The summed E-state index contributed by atoms with van der Waals surface area (Å²) in [5, 5.41) is 4.03. The zero-order valence-corrected chi connectivity index (χ0v) is 15.2. The minimum Gasteiger partial charge on any atom is -0.326 e. The Labute approximate surface area is 156 Å². The van der Waals surface area contributed by atoms with E-state index in [1.807, 2.05) is 48.5 Å². The fourth-order valence-corrected chi connectivity index (χ4v) is 4.35. The molecule has 0 bridgehead atoms. The van der Waals surface area contributed by atoms with Crippen LogP contribution in [0, 0.1) is 0 Å². The third-order valence-electron chi connectivity index (χ3n) is 4.71. The predicted molar refractivity (Wildman–Crippen MR) is 107 cm³/mol. The second kappa shape index (κ2) is 7.38. The number of aryl methyl sites for hydroxylation is 1. The molecule has 1 aliphatic carbocycles. The van der Waals surface area contributed by atoms with Crippen molar-refractivity contribution in [3.63, 3.8) is 0 Å². The first-order valence-corrected chi connectivity index (χ1v) is 9.85. The lowest BCUT2D eigenvalue weighted by atomic mass is 10.1. The van der Waals surface area contributed by atoms with E-state index in [0.29, 0.717) is 6.42 Å². The summed E-state index contributed by atoms with van der Waals surface area (Å²) in [6.45, 7) is 0. The van der Waals surface area contributed by atoms with Gasteiger partial charge in [-0.1, -0.05) is 24.3 Å². The number of H-pyrrole nitrogens is 1. The number of rotatable bonds is 5. The zero-order valence-electron chi connectivity index (χ0n) is 14.4. The summed E-state index contributed by atoms with van der Waals surface area (Å²) in [4.78, 5) is 28.5. The Morgan fingerprint density at radius 2 is 1.88 bits per heavy atom. The molecule has 0 unspecified atom stereocenters. The van der Waals surface area contributed by atoms with Crippen molar-refractivity contribution in [2.24, 2.45) is 0 Å². The zero-order chi connectivity index (χ0) is 17.9. The van der Waals surface area contributed by atoms with E-state index in [1.54, 1.807) is 11.8 Å². The van der Waals surface area contributed by atoms with Gasteiger partial charge in [0.05, 0.1) is 5.52 Å². The van der Waals surface area contributed by atoms with E-state index < -0.39 is 0 Å². The maximum Gasteiger partial charge on any atom is 0.251 e. The smallest absolute Gasteiger partial charge is 0.251 e. The van der Waals surface area contributed by atoms with E-state index in [0.717, 1.165) is 52.1 Å². The number of aromatic amines is 1. The molecule has 0 saturated carbocycles. The van der Waals surface area contributed by atoms with Crippen LogP contribution < -0.4 is 10.9 Å². The summed E-state index contributed by atoms with van der Waals surface area (Å²) in [6.07, 6.45) is 3.30. The molecule has 4 nitrogen and oxygen atoms in total. The Morgan fingerprint density at radius 1 is 1.08 bits per heavy atom. The van der Waals surface area contributed by atoms with Crippen molar-refractivity contribution in [1.29, 1.82) is 0 Å². The van der Waals surface area contributed by atoms with Gasteiger partial charge in [-0.2, -0.15) is 0 Å². The van der Waals surface area contributed by atoms with Crippen molar-refractivity contribution in [3.05, 3.63) is 70.0 Å². The van der Waals surface area contributed by atoms with Gasteiger partial charge < -0.3 is 10.3 Å². The maximum atomic E-state index is 12.2. The average molecular weight is 364 g/mol. The minimum absolute atomic E-state index is 0.00716. The number of anilines is 1. The molecule has 0 radical (unpaired) electrons. The van der Waals surface area contributed by atoms with E-state index in [9.17, 15) is 9.59 Å². The third-order valence-corrected chi connectivity index (χ3v) is 5.72. The molecule has 26 heavy (non-hydrogen) atoms. The molecule has 2 N–H and O–H groups in total. The topological polar surface area (TPSA) is 62.0 Å². The maximum absolute atomic E-state index is 12.2. The van der Waals surface area contributed by atoms with Gasteiger partial charge >= 0.3 is 0 Å². The standard InChI is InChI=1S/C21H20N2O2S/c24-20(11-12-26-15-5-2-1-3-6-15)22-14-9-10-17-16-7-4-8-18(16)21(25)23-19(17)13-14/h1-3,5-6,9-10,13H,4,7-8,11-12H2,(H,22,24)(H,23,25). The van der Waals surface area contributed by atoms with Crippen molar-refractivity contribution in [2.45, 2.75) is 30.6 Å². The van der Waals surface area contributed by atoms with Gasteiger partial charge in [0.1, 0.15) is 0 Å². The molecule has 0 aliphatic heterocycles. The summed E-state index contributed by atoms with van der Waals surface area (Å²) in [5.41, 5.74) is 3.62. The molecule has 5 heteroatoms. The van der Waals surface area contributed by atoms with Crippen LogP contribution in [0.15, 0.2) is 58.2 Å². The highest BCUT2D eigenvalue weighted by molar-refractivity contribution is 7.99. The Balaban J connectivity index is 1.43. The average Bonchev–Trinajstić information content (AvgIpc) is 3.13. The second-order valence-electron chi connectivity index (χ2n) is 6.48. The van der Waals surface area contributed by atoms with Crippen LogP contribution in [0.5, 0.6) is 0 Å². The van der Waals surface area contributed by atoms with Gasteiger partial charge in [0, 0.05) is 33.7 Å². The summed E-state index contributed by atoms with van der Waals surface area (Å²) >= 11 is 1.67. The normalized spacial score (nSPS) is 12.9. The van der Waals surface area contributed by atoms with Crippen LogP contribution in [0.3, 0.4) is 0 Å². The van der Waals surface area contributed by atoms with E-state index >= 15 is 0 Å². The molecule has 4 rings (SSSR count). The molecule has 132 valence electrons. The molecule has 0 atom stereocenters. The lowest BCUT2D eigenvalue weighted by Gasteiger charge is -2.09. The van der Waals surface area contributed by atoms with Gasteiger partial charge in [0.2, 0.25) is 5.91 Å². The molecule has 0 saturated heterocycles. The van der Waals surface area contributed by atoms with Crippen LogP contribution in [0.1, 0.15) is 24.0 Å². The Kier molecular flexibility index (Phi) is 4.80. The number of aromatic nitrogens is 1. The van der Waals surface area contributed by atoms with Crippen LogP contribution in [0.2, 0.25) is 0 Å². The van der Waals surface area contributed by atoms with Gasteiger partial charge in [-0.3, -0.25) is 9.59 Å². The van der Waals surface area contributed by atoms with Crippen LogP contribution >= 0.6 is 11.8 Å². The van der Waals surface area contributed by atoms with Crippen molar-refractivity contribution < 1.29 is 4.79 Å². The first-order valence-electron chi connectivity index (χ1n) is 8.86.